The zero-order chi connectivity index (χ0) is 17.2. The van der Waals surface area contributed by atoms with Gasteiger partial charge in [0.05, 0.1) is 23.5 Å². The number of hydrogen-bond donors (Lipinski definition) is 1. The molecule has 1 amide bonds. The van der Waals surface area contributed by atoms with Crippen molar-refractivity contribution in [1.29, 1.82) is 0 Å². The largest absolute Gasteiger partial charge is 0.462 e. The Bertz CT molecular complexity index is 731. The van der Waals surface area contributed by atoms with Gasteiger partial charge in [-0.05, 0) is 36.8 Å². The fourth-order valence-corrected chi connectivity index (χ4v) is 4.63. The molecule has 6 heteroatoms. The average molecular weight is 356 g/mol. The first-order valence-electron chi connectivity index (χ1n) is 8.65. The van der Waals surface area contributed by atoms with E-state index in [9.17, 15) is 9.59 Å². The van der Waals surface area contributed by atoms with Gasteiger partial charge in [-0.15, -0.1) is 0 Å². The van der Waals surface area contributed by atoms with Crippen LogP contribution in [0.15, 0.2) is 47.5 Å². The van der Waals surface area contributed by atoms with Crippen LogP contribution in [0, 0.1) is 11.8 Å². The van der Waals surface area contributed by atoms with Crippen molar-refractivity contribution in [1.82, 2.24) is 5.32 Å². The first kappa shape index (κ1) is 16.4. The van der Waals surface area contributed by atoms with Gasteiger partial charge in [-0.3, -0.25) is 9.79 Å². The molecule has 4 rings (SSSR count). The second kappa shape index (κ2) is 7.04. The molecule has 1 saturated heterocycles. The standard InChI is InChI=1S/C19H20N2O3S/c22-17-16(8-9-24-18(23)13-4-2-1-3-5-13)25-19(21-17)20-15-11-12-6-7-14(15)10-12/h1-7,12,14-16H,8-11H2,(H,20,21,22). The number of amidine groups is 1. The van der Waals surface area contributed by atoms with Crippen LogP contribution in [0.3, 0.4) is 0 Å². The maximum Gasteiger partial charge on any atom is 0.338 e. The number of ether oxygens (including phenoxy) is 1. The van der Waals surface area contributed by atoms with E-state index in [0.717, 1.165) is 11.6 Å². The van der Waals surface area contributed by atoms with Gasteiger partial charge in [-0.25, -0.2) is 4.79 Å². The topological polar surface area (TPSA) is 67.8 Å². The van der Waals surface area contributed by atoms with Crippen LogP contribution in [0.1, 0.15) is 29.6 Å². The molecular weight excluding hydrogens is 336 g/mol. The van der Waals surface area contributed by atoms with Crippen LogP contribution < -0.4 is 5.32 Å². The fourth-order valence-electron chi connectivity index (χ4n) is 3.62. The smallest absolute Gasteiger partial charge is 0.338 e. The maximum atomic E-state index is 12.1. The molecule has 5 nitrogen and oxygen atoms in total. The Morgan fingerprint density at radius 3 is 2.80 bits per heavy atom. The number of aliphatic imine (C=N–C) groups is 1. The van der Waals surface area contributed by atoms with Crippen LogP contribution in [-0.2, 0) is 9.53 Å². The summed E-state index contributed by atoms with van der Waals surface area (Å²) in [4.78, 5) is 28.7. The van der Waals surface area contributed by atoms with Gasteiger partial charge in [0.15, 0.2) is 5.17 Å². The number of esters is 1. The number of carbonyl (C=O) groups excluding carboxylic acids is 2. The van der Waals surface area contributed by atoms with Crippen molar-refractivity contribution >= 4 is 28.8 Å². The highest BCUT2D eigenvalue weighted by atomic mass is 32.2. The second-order valence-electron chi connectivity index (χ2n) is 6.67. The van der Waals surface area contributed by atoms with Crippen molar-refractivity contribution in [3.05, 3.63) is 48.0 Å². The summed E-state index contributed by atoms with van der Waals surface area (Å²) < 4.78 is 5.27. The lowest BCUT2D eigenvalue weighted by molar-refractivity contribution is -0.119. The van der Waals surface area contributed by atoms with Gasteiger partial charge in [-0.2, -0.15) is 0 Å². The number of benzene rings is 1. The summed E-state index contributed by atoms with van der Waals surface area (Å²) in [7, 11) is 0. The number of fused-ring (bicyclic) bond motifs is 2. The van der Waals surface area contributed by atoms with E-state index >= 15 is 0 Å². The van der Waals surface area contributed by atoms with E-state index in [2.05, 4.69) is 17.5 Å². The molecule has 4 atom stereocenters. The predicted octanol–water partition coefficient (Wildman–Crippen LogP) is 2.79. The van der Waals surface area contributed by atoms with E-state index < -0.39 is 0 Å². The van der Waals surface area contributed by atoms with Crippen molar-refractivity contribution in [2.75, 3.05) is 6.61 Å². The molecule has 1 N–H and O–H groups in total. The normalized spacial score (nSPS) is 31.5. The van der Waals surface area contributed by atoms with Crippen LogP contribution >= 0.6 is 11.8 Å². The molecule has 1 aromatic carbocycles. The highest BCUT2D eigenvalue weighted by molar-refractivity contribution is 8.15. The molecule has 2 aliphatic carbocycles. The monoisotopic (exact) mass is 356 g/mol. The number of rotatable bonds is 5. The second-order valence-corrected chi connectivity index (χ2v) is 7.86. The van der Waals surface area contributed by atoms with E-state index in [4.69, 9.17) is 9.73 Å². The van der Waals surface area contributed by atoms with Gasteiger partial charge >= 0.3 is 5.97 Å². The zero-order valence-electron chi connectivity index (χ0n) is 13.8. The van der Waals surface area contributed by atoms with E-state index in [1.54, 1.807) is 24.3 Å². The number of allylic oxidation sites excluding steroid dienone is 1. The first-order valence-corrected chi connectivity index (χ1v) is 9.53. The Morgan fingerprint density at radius 2 is 2.08 bits per heavy atom. The lowest BCUT2D eigenvalue weighted by atomic mass is 10.0. The summed E-state index contributed by atoms with van der Waals surface area (Å²) in [5.74, 6) is 0.792. The molecule has 1 aromatic rings. The minimum absolute atomic E-state index is 0.0433. The van der Waals surface area contributed by atoms with Crippen LogP contribution in [0.2, 0.25) is 0 Å². The van der Waals surface area contributed by atoms with Crippen LogP contribution in [-0.4, -0.2) is 34.9 Å². The summed E-state index contributed by atoms with van der Waals surface area (Å²) >= 11 is 1.45. The molecular formula is C19H20N2O3S. The van der Waals surface area contributed by atoms with Crippen molar-refractivity contribution < 1.29 is 14.3 Å². The van der Waals surface area contributed by atoms with Crippen LogP contribution in [0.4, 0.5) is 0 Å². The molecule has 25 heavy (non-hydrogen) atoms. The van der Waals surface area contributed by atoms with Crippen molar-refractivity contribution in [2.45, 2.75) is 30.6 Å². The molecule has 1 saturated carbocycles. The van der Waals surface area contributed by atoms with Gasteiger partial charge in [0.25, 0.3) is 0 Å². The highest BCUT2D eigenvalue weighted by Crippen LogP contribution is 2.41. The van der Waals surface area contributed by atoms with Gasteiger partial charge in [0.1, 0.15) is 0 Å². The average Bonchev–Trinajstić information content (AvgIpc) is 3.32. The Balaban J connectivity index is 1.27. The van der Waals surface area contributed by atoms with E-state index in [-0.39, 0.29) is 23.7 Å². The Morgan fingerprint density at radius 1 is 1.24 bits per heavy atom. The molecule has 1 heterocycles. The first-order chi connectivity index (χ1) is 12.2. The van der Waals surface area contributed by atoms with Gasteiger partial charge in [-0.1, -0.05) is 42.1 Å². The van der Waals surface area contributed by atoms with E-state index in [0.29, 0.717) is 29.9 Å². The summed E-state index contributed by atoms with van der Waals surface area (Å²) in [6.45, 7) is 0.225. The Labute approximate surface area is 150 Å². The van der Waals surface area contributed by atoms with Crippen LogP contribution in [0.5, 0.6) is 0 Å². The molecule has 0 aromatic heterocycles. The van der Waals surface area contributed by atoms with Crippen LogP contribution in [0.25, 0.3) is 0 Å². The third-order valence-electron chi connectivity index (χ3n) is 4.93. The molecule has 2 fully saturated rings. The zero-order valence-corrected chi connectivity index (χ0v) is 14.6. The van der Waals surface area contributed by atoms with Crippen molar-refractivity contribution in [2.24, 2.45) is 16.8 Å². The molecule has 2 bridgehead atoms. The molecule has 130 valence electrons. The Kier molecular flexibility index (Phi) is 4.61. The number of nitrogens with zero attached hydrogens (tertiary/aromatic N) is 1. The molecule has 0 spiro atoms. The minimum atomic E-state index is -0.355. The van der Waals surface area contributed by atoms with E-state index in [1.165, 1.54) is 18.2 Å². The van der Waals surface area contributed by atoms with Gasteiger partial charge in [0.2, 0.25) is 5.91 Å². The summed E-state index contributed by atoms with van der Waals surface area (Å²) in [5, 5.41) is 3.35. The number of amides is 1. The van der Waals surface area contributed by atoms with E-state index in [1.807, 2.05) is 6.07 Å². The third-order valence-corrected chi connectivity index (χ3v) is 6.09. The highest BCUT2D eigenvalue weighted by Gasteiger charge is 2.37. The molecule has 4 unspecified atom stereocenters. The molecule has 1 aliphatic heterocycles. The lowest BCUT2D eigenvalue weighted by Crippen LogP contribution is -2.27. The number of thioether (sulfide) groups is 1. The molecule has 3 aliphatic rings. The lowest BCUT2D eigenvalue weighted by Gasteiger charge is -2.13. The number of nitrogens with one attached hydrogen (secondary N) is 1. The number of carbonyl (C=O) groups is 2. The molecule has 0 radical (unpaired) electrons. The summed E-state index contributed by atoms with van der Waals surface area (Å²) in [5.41, 5.74) is 0.526. The predicted molar refractivity (Wildman–Crippen MR) is 97.4 cm³/mol. The third kappa shape index (κ3) is 3.63. The fraction of sp³-hybridized carbons (Fsp3) is 0.421. The quantitative estimate of drug-likeness (QED) is 0.651. The van der Waals surface area contributed by atoms with Crippen molar-refractivity contribution in [3.8, 4) is 0 Å². The SMILES string of the molecule is O=C(OCCC1SC(=NC2CC3C=CC2C3)NC1=O)c1ccccc1. The summed E-state index contributed by atoms with van der Waals surface area (Å²) in [6, 6.07) is 9.17. The maximum absolute atomic E-state index is 12.1. The van der Waals surface area contributed by atoms with Gasteiger partial charge < -0.3 is 10.1 Å². The summed E-state index contributed by atoms with van der Waals surface area (Å²) in [6.07, 6.45) is 7.31. The Hall–Kier alpha value is -2.08. The minimum Gasteiger partial charge on any atom is -0.462 e. The van der Waals surface area contributed by atoms with Gasteiger partial charge in [0, 0.05) is 6.42 Å². The van der Waals surface area contributed by atoms with Crippen molar-refractivity contribution in [3.63, 3.8) is 0 Å². The number of hydrogen-bond acceptors (Lipinski definition) is 5.